The van der Waals surface area contributed by atoms with Crippen LogP contribution in [0.4, 0.5) is 0 Å². The van der Waals surface area contributed by atoms with Crippen molar-refractivity contribution >= 4 is 0 Å². The smallest absolute Gasteiger partial charge is 0.132 e. The van der Waals surface area contributed by atoms with Gasteiger partial charge in [0, 0.05) is 6.42 Å². The Kier molecular flexibility index (Phi) is 5.41. The van der Waals surface area contributed by atoms with Crippen LogP contribution in [0.1, 0.15) is 41.9 Å². The molecule has 0 aromatic carbocycles. The predicted molar refractivity (Wildman–Crippen MR) is 72.7 cm³/mol. The fourth-order valence-electron chi connectivity index (χ4n) is 1.62. The molecule has 0 radical (unpaired) electrons. The number of nitrogens with zero attached hydrogens (tertiary/aromatic N) is 6. The lowest BCUT2D eigenvalue weighted by Gasteiger charge is -1.97. The minimum atomic E-state index is 0.792. The van der Waals surface area contributed by atoms with E-state index in [-0.39, 0.29) is 0 Å². The lowest BCUT2D eigenvalue weighted by molar-refractivity contribution is 0.830. The van der Waals surface area contributed by atoms with E-state index in [1.165, 1.54) is 0 Å². The first kappa shape index (κ1) is 15.1. The quantitative estimate of drug-likeness (QED) is 0.778. The minimum Gasteiger partial charge on any atom is -0.219 e. The number of rotatable bonds is 1. The molecule has 2 aromatic rings. The molecule has 102 valence electrons. The van der Waals surface area contributed by atoms with Crippen molar-refractivity contribution in [2.75, 3.05) is 0 Å². The van der Waals surface area contributed by atoms with Gasteiger partial charge in [0.15, 0.2) is 0 Å². The summed E-state index contributed by atoms with van der Waals surface area (Å²) in [4.78, 5) is 24.4. The molecular formula is C13H20N6. The summed E-state index contributed by atoms with van der Waals surface area (Å²) in [7, 11) is 0. The summed E-state index contributed by atoms with van der Waals surface area (Å²) in [6.45, 7) is 11.4. The fraction of sp³-hybridized carbons (Fsp3) is 0.538. The molecule has 0 aliphatic carbocycles. The Bertz CT molecular complexity index is 482. The molecule has 2 aromatic heterocycles. The van der Waals surface area contributed by atoms with E-state index in [0.29, 0.717) is 0 Å². The Morgan fingerprint density at radius 2 is 0.789 bits per heavy atom. The SMILES string of the molecule is CCc1nc(C)nc(C)n1.Cc1nc(C)nc(C)n1. The third kappa shape index (κ3) is 5.46. The van der Waals surface area contributed by atoms with Gasteiger partial charge in [0.2, 0.25) is 0 Å². The summed E-state index contributed by atoms with van der Waals surface area (Å²) < 4.78 is 0. The molecule has 6 nitrogen and oxygen atoms in total. The molecule has 0 bridgehead atoms. The van der Waals surface area contributed by atoms with Crippen LogP contribution in [0.2, 0.25) is 0 Å². The molecule has 19 heavy (non-hydrogen) atoms. The summed E-state index contributed by atoms with van der Waals surface area (Å²) in [5, 5.41) is 0. The van der Waals surface area contributed by atoms with Crippen LogP contribution in [0.25, 0.3) is 0 Å². The maximum absolute atomic E-state index is 4.13. The first-order chi connectivity index (χ1) is 8.90. The summed E-state index contributed by atoms with van der Waals surface area (Å²) in [5.41, 5.74) is 0. The molecule has 0 atom stereocenters. The minimum absolute atomic E-state index is 0.792. The molecule has 0 aliphatic rings. The first-order valence-corrected chi connectivity index (χ1v) is 6.24. The Morgan fingerprint density at radius 3 is 1.05 bits per heavy atom. The highest BCUT2D eigenvalue weighted by atomic mass is 15.0. The van der Waals surface area contributed by atoms with Crippen molar-refractivity contribution in [2.24, 2.45) is 0 Å². The molecule has 0 amide bonds. The summed E-state index contributed by atoms with van der Waals surface area (Å²) in [5.74, 6) is 4.87. The van der Waals surface area contributed by atoms with Crippen molar-refractivity contribution in [1.29, 1.82) is 0 Å². The van der Waals surface area contributed by atoms with E-state index in [0.717, 1.165) is 41.4 Å². The van der Waals surface area contributed by atoms with Gasteiger partial charge in [-0.2, -0.15) is 0 Å². The van der Waals surface area contributed by atoms with Crippen molar-refractivity contribution in [1.82, 2.24) is 29.9 Å². The number of hydrogen-bond acceptors (Lipinski definition) is 6. The second kappa shape index (κ2) is 6.82. The monoisotopic (exact) mass is 260 g/mol. The van der Waals surface area contributed by atoms with Crippen molar-refractivity contribution in [2.45, 2.75) is 48.0 Å². The molecule has 2 rings (SSSR count). The molecule has 2 heterocycles. The van der Waals surface area contributed by atoms with Crippen molar-refractivity contribution < 1.29 is 0 Å². The van der Waals surface area contributed by atoms with E-state index in [4.69, 9.17) is 0 Å². The standard InChI is InChI=1S/C7H11N3.C6H9N3/c1-4-7-9-5(2)8-6(3)10-7;1-4-7-5(2)9-6(3)8-4/h4H2,1-3H3;1-3H3. The topological polar surface area (TPSA) is 77.3 Å². The number of aromatic nitrogens is 6. The molecule has 0 spiro atoms. The van der Waals surface area contributed by atoms with Crippen molar-refractivity contribution in [3.8, 4) is 0 Å². The average molecular weight is 260 g/mol. The highest BCUT2D eigenvalue weighted by molar-refractivity contribution is 4.93. The summed E-state index contributed by atoms with van der Waals surface area (Å²) in [6.07, 6.45) is 0.879. The molecule has 0 saturated heterocycles. The lowest BCUT2D eigenvalue weighted by Crippen LogP contribution is -2.00. The number of aryl methyl sites for hydroxylation is 6. The van der Waals surface area contributed by atoms with E-state index >= 15 is 0 Å². The van der Waals surface area contributed by atoms with Crippen LogP contribution in [0.3, 0.4) is 0 Å². The average Bonchev–Trinajstić information content (AvgIpc) is 2.26. The van der Waals surface area contributed by atoms with Crippen molar-refractivity contribution in [3.63, 3.8) is 0 Å². The number of hydrogen-bond donors (Lipinski definition) is 0. The molecule has 0 aliphatic heterocycles. The van der Waals surface area contributed by atoms with Crippen LogP contribution >= 0.6 is 0 Å². The van der Waals surface area contributed by atoms with Gasteiger partial charge in [0.25, 0.3) is 0 Å². The van der Waals surface area contributed by atoms with Gasteiger partial charge < -0.3 is 0 Å². The van der Waals surface area contributed by atoms with Crippen LogP contribution in [0, 0.1) is 34.6 Å². The van der Waals surface area contributed by atoms with Gasteiger partial charge in [-0.25, -0.2) is 29.9 Å². The molecule has 0 N–H and O–H groups in total. The molecule has 0 fully saturated rings. The maximum Gasteiger partial charge on any atom is 0.132 e. The van der Waals surface area contributed by atoms with E-state index in [1.807, 2.05) is 41.5 Å². The van der Waals surface area contributed by atoms with Gasteiger partial charge in [0.05, 0.1) is 0 Å². The van der Waals surface area contributed by atoms with Crippen LogP contribution in [-0.4, -0.2) is 29.9 Å². The zero-order valence-corrected chi connectivity index (χ0v) is 12.4. The summed E-state index contributed by atoms with van der Waals surface area (Å²) >= 11 is 0. The fourth-order valence-corrected chi connectivity index (χ4v) is 1.62. The summed E-state index contributed by atoms with van der Waals surface area (Å²) in [6, 6.07) is 0. The molecule has 0 unspecified atom stereocenters. The van der Waals surface area contributed by atoms with E-state index < -0.39 is 0 Å². The molecule has 0 saturated carbocycles. The van der Waals surface area contributed by atoms with E-state index in [1.54, 1.807) is 0 Å². The Labute approximate surface area is 113 Å². The van der Waals surface area contributed by atoms with Gasteiger partial charge in [0.1, 0.15) is 34.9 Å². The highest BCUT2D eigenvalue weighted by Crippen LogP contribution is 1.93. The van der Waals surface area contributed by atoms with Crippen LogP contribution in [0.5, 0.6) is 0 Å². The zero-order chi connectivity index (χ0) is 14.4. The Hall–Kier alpha value is -1.98. The highest BCUT2D eigenvalue weighted by Gasteiger charge is 1.95. The predicted octanol–water partition coefficient (Wildman–Crippen LogP) is 1.85. The van der Waals surface area contributed by atoms with Gasteiger partial charge in [-0.15, -0.1) is 0 Å². The van der Waals surface area contributed by atoms with Gasteiger partial charge >= 0.3 is 0 Å². The maximum atomic E-state index is 4.13. The van der Waals surface area contributed by atoms with Gasteiger partial charge in [-0.05, 0) is 34.6 Å². The third-order valence-corrected chi connectivity index (χ3v) is 2.19. The van der Waals surface area contributed by atoms with Crippen LogP contribution < -0.4 is 0 Å². The Morgan fingerprint density at radius 1 is 0.526 bits per heavy atom. The zero-order valence-electron chi connectivity index (χ0n) is 12.4. The van der Waals surface area contributed by atoms with Crippen LogP contribution in [-0.2, 0) is 6.42 Å². The van der Waals surface area contributed by atoms with E-state index in [2.05, 4.69) is 29.9 Å². The second-order valence-corrected chi connectivity index (χ2v) is 4.18. The third-order valence-electron chi connectivity index (χ3n) is 2.19. The molecular weight excluding hydrogens is 240 g/mol. The first-order valence-electron chi connectivity index (χ1n) is 6.24. The van der Waals surface area contributed by atoms with Crippen molar-refractivity contribution in [3.05, 3.63) is 34.9 Å². The van der Waals surface area contributed by atoms with E-state index in [9.17, 15) is 0 Å². The molecule has 6 heteroatoms. The van der Waals surface area contributed by atoms with Gasteiger partial charge in [-0.1, -0.05) is 6.92 Å². The van der Waals surface area contributed by atoms with Gasteiger partial charge in [-0.3, -0.25) is 0 Å². The second-order valence-electron chi connectivity index (χ2n) is 4.18. The van der Waals surface area contributed by atoms with Crippen LogP contribution in [0.15, 0.2) is 0 Å². The lowest BCUT2D eigenvalue weighted by atomic mass is 10.4. The Balaban J connectivity index is 0.000000191. The largest absolute Gasteiger partial charge is 0.219 e. The normalized spacial score (nSPS) is 9.79.